The largest absolute Gasteiger partial charge is 0.448 e. The van der Waals surface area contributed by atoms with Crippen LogP contribution in [-0.4, -0.2) is 60.9 Å². The van der Waals surface area contributed by atoms with E-state index in [0.717, 1.165) is 11.3 Å². The van der Waals surface area contributed by atoms with Gasteiger partial charge in [-0.05, 0) is 24.6 Å². The zero-order valence-corrected chi connectivity index (χ0v) is 13.2. The Morgan fingerprint density at radius 3 is 2.96 bits per heavy atom. The Morgan fingerprint density at radius 2 is 2.22 bits per heavy atom. The number of ether oxygens (including phenoxy) is 2. The first-order valence-electron chi connectivity index (χ1n) is 7.80. The lowest BCUT2D eigenvalue weighted by Gasteiger charge is -2.31. The predicted molar refractivity (Wildman–Crippen MR) is 84.2 cm³/mol. The molecule has 0 unspecified atom stereocenters. The van der Waals surface area contributed by atoms with Crippen LogP contribution in [0, 0.1) is 0 Å². The van der Waals surface area contributed by atoms with Crippen LogP contribution in [0.2, 0.25) is 0 Å². The van der Waals surface area contributed by atoms with Crippen LogP contribution in [0.3, 0.4) is 0 Å². The summed E-state index contributed by atoms with van der Waals surface area (Å²) >= 11 is 0. The Balaban J connectivity index is 1.60. The number of anilines is 1. The fourth-order valence-electron chi connectivity index (χ4n) is 2.74. The van der Waals surface area contributed by atoms with E-state index in [4.69, 9.17) is 9.47 Å². The molecule has 0 spiro atoms. The molecule has 124 valence electrons. The fraction of sp³-hybridized carbons (Fsp3) is 0.500. The van der Waals surface area contributed by atoms with Gasteiger partial charge in [0, 0.05) is 25.3 Å². The number of amides is 3. The number of nitrogens with one attached hydrogen (secondary N) is 1. The minimum Gasteiger partial charge on any atom is -0.448 e. The lowest BCUT2D eigenvalue weighted by atomic mass is 10.2. The number of urea groups is 1. The average molecular weight is 319 g/mol. The Labute approximate surface area is 135 Å². The van der Waals surface area contributed by atoms with E-state index >= 15 is 0 Å². The molecule has 23 heavy (non-hydrogen) atoms. The van der Waals surface area contributed by atoms with E-state index in [2.05, 4.69) is 5.32 Å². The van der Waals surface area contributed by atoms with Crippen molar-refractivity contribution in [3.63, 3.8) is 0 Å². The molecular formula is C16H21N3O4. The van der Waals surface area contributed by atoms with Crippen molar-refractivity contribution in [2.75, 3.05) is 38.2 Å². The molecule has 0 saturated carbocycles. The maximum Gasteiger partial charge on any atom is 0.410 e. The van der Waals surface area contributed by atoms with E-state index in [1.165, 1.54) is 0 Å². The smallest absolute Gasteiger partial charge is 0.410 e. The summed E-state index contributed by atoms with van der Waals surface area (Å²) in [6, 6.07) is 7.39. The maximum absolute atomic E-state index is 12.3. The molecule has 2 aliphatic rings. The number of rotatable bonds is 3. The Hall–Kier alpha value is -2.28. The molecule has 0 bridgehead atoms. The van der Waals surface area contributed by atoms with E-state index < -0.39 is 0 Å². The number of hydrogen-bond donors (Lipinski definition) is 1. The molecule has 2 saturated heterocycles. The summed E-state index contributed by atoms with van der Waals surface area (Å²) in [5, 5.41) is 2.91. The molecular weight excluding hydrogens is 298 g/mol. The number of carbonyl (C=O) groups excluding carboxylic acids is 2. The number of cyclic esters (lactones) is 1. The van der Waals surface area contributed by atoms with Crippen molar-refractivity contribution in [1.29, 1.82) is 0 Å². The second kappa shape index (κ2) is 6.87. The van der Waals surface area contributed by atoms with Crippen LogP contribution in [-0.2, 0) is 16.0 Å². The maximum atomic E-state index is 12.3. The van der Waals surface area contributed by atoms with Crippen molar-refractivity contribution < 1.29 is 19.1 Å². The van der Waals surface area contributed by atoms with E-state index in [1.54, 1.807) is 9.80 Å². The van der Waals surface area contributed by atoms with Crippen molar-refractivity contribution in [2.45, 2.75) is 19.6 Å². The quantitative estimate of drug-likeness (QED) is 0.923. The standard InChI is InChI=1S/C16H21N3O4/c1-12-10-18(5-7-22-12)15(20)17-14-4-2-3-13(9-14)11-19-6-8-23-16(19)21/h2-4,9,12H,5-8,10-11H2,1H3,(H,17,20)/t12-/m1/s1. The second-order valence-corrected chi connectivity index (χ2v) is 5.79. The summed E-state index contributed by atoms with van der Waals surface area (Å²) in [7, 11) is 0. The molecule has 0 aromatic heterocycles. The van der Waals surface area contributed by atoms with Crippen LogP contribution in [0.25, 0.3) is 0 Å². The van der Waals surface area contributed by atoms with Crippen molar-refractivity contribution >= 4 is 17.8 Å². The van der Waals surface area contributed by atoms with Gasteiger partial charge in [-0.2, -0.15) is 0 Å². The average Bonchev–Trinajstić information content (AvgIpc) is 2.93. The molecule has 3 amide bonds. The van der Waals surface area contributed by atoms with Crippen LogP contribution < -0.4 is 5.32 Å². The Kier molecular flexibility index (Phi) is 4.66. The van der Waals surface area contributed by atoms with Gasteiger partial charge in [-0.3, -0.25) is 0 Å². The van der Waals surface area contributed by atoms with Crippen LogP contribution in [0.1, 0.15) is 12.5 Å². The van der Waals surface area contributed by atoms with E-state index in [1.807, 2.05) is 31.2 Å². The summed E-state index contributed by atoms with van der Waals surface area (Å²) in [5.74, 6) is 0. The monoisotopic (exact) mass is 319 g/mol. The lowest BCUT2D eigenvalue weighted by molar-refractivity contribution is -0.00138. The summed E-state index contributed by atoms with van der Waals surface area (Å²) in [5.41, 5.74) is 1.68. The van der Waals surface area contributed by atoms with Gasteiger partial charge in [0.05, 0.1) is 19.3 Å². The number of benzene rings is 1. The molecule has 0 radical (unpaired) electrons. The van der Waals surface area contributed by atoms with Crippen molar-refractivity contribution in [3.8, 4) is 0 Å². The summed E-state index contributed by atoms with van der Waals surface area (Å²) in [4.78, 5) is 27.2. The summed E-state index contributed by atoms with van der Waals surface area (Å²) < 4.78 is 10.4. The SMILES string of the molecule is C[C@@H]1CN(C(=O)Nc2cccc(CN3CCOC3=O)c2)CCO1. The van der Waals surface area contributed by atoms with Crippen LogP contribution in [0.4, 0.5) is 15.3 Å². The third kappa shape index (κ3) is 3.92. The van der Waals surface area contributed by atoms with Gasteiger partial charge in [0.15, 0.2) is 0 Å². The lowest BCUT2D eigenvalue weighted by Crippen LogP contribution is -2.46. The van der Waals surface area contributed by atoms with Gasteiger partial charge in [0.2, 0.25) is 0 Å². The van der Waals surface area contributed by atoms with E-state index in [-0.39, 0.29) is 18.2 Å². The normalized spacial score (nSPS) is 21.3. The van der Waals surface area contributed by atoms with Gasteiger partial charge < -0.3 is 24.6 Å². The number of carbonyl (C=O) groups is 2. The molecule has 7 nitrogen and oxygen atoms in total. The first-order chi connectivity index (χ1) is 11.1. The minimum absolute atomic E-state index is 0.0574. The Morgan fingerprint density at radius 1 is 1.35 bits per heavy atom. The zero-order valence-electron chi connectivity index (χ0n) is 13.2. The van der Waals surface area contributed by atoms with Crippen molar-refractivity contribution in [2.24, 2.45) is 0 Å². The van der Waals surface area contributed by atoms with Gasteiger partial charge in [-0.1, -0.05) is 12.1 Å². The minimum atomic E-state index is -0.290. The highest BCUT2D eigenvalue weighted by atomic mass is 16.6. The van der Waals surface area contributed by atoms with Crippen LogP contribution in [0.5, 0.6) is 0 Å². The first kappa shape index (κ1) is 15.6. The molecule has 2 heterocycles. The Bertz CT molecular complexity index is 592. The zero-order chi connectivity index (χ0) is 16.2. The topological polar surface area (TPSA) is 71.1 Å². The van der Waals surface area contributed by atoms with E-state index in [0.29, 0.717) is 39.4 Å². The summed E-state index contributed by atoms with van der Waals surface area (Å²) in [6.07, 6.45) is -0.233. The summed E-state index contributed by atoms with van der Waals surface area (Å²) in [6.45, 7) is 5.21. The molecule has 2 aliphatic heterocycles. The van der Waals surface area contributed by atoms with Crippen LogP contribution >= 0.6 is 0 Å². The third-order valence-electron chi connectivity index (χ3n) is 3.92. The molecule has 1 aromatic carbocycles. The van der Waals surface area contributed by atoms with Gasteiger partial charge in [0.25, 0.3) is 0 Å². The molecule has 1 atom stereocenters. The number of hydrogen-bond acceptors (Lipinski definition) is 4. The predicted octanol–water partition coefficient (Wildman–Crippen LogP) is 1.89. The van der Waals surface area contributed by atoms with Gasteiger partial charge in [0.1, 0.15) is 6.61 Å². The van der Waals surface area contributed by atoms with Gasteiger partial charge in [-0.25, -0.2) is 9.59 Å². The highest BCUT2D eigenvalue weighted by Gasteiger charge is 2.23. The molecule has 0 aliphatic carbocycles. The third-order valence-corrected chi connectivity index (χ3v) is 3.92. The first-order valence-corrected chi connectivity index (χ1v) is 7.80. The van der Waals surface area contributed by atoms with Crippen molar-refractivity contribution in [3.05, 3.63) is 29.8 Å². The number of nitrogens with zero attached hydrogens (tertiary/aromatic N) is 2. The van der Waals surface area contributed by atoms with Gasteiger partial charge >= 0.3 is 12.1 Å². The van der Waals surface area contributed by atoms with E-state index in [9.17, 15) is 9.59 Å². The molecule has 1 aromatic rings. The second-order valence-electron chi connectivity index (χ2n) is 5.79. The highest BCUT2D eigenvalue weighted by molar-refractivity contribution is 5.89. The highest BCUT2D eigenvalue weighted by Crippen LogP contribution is 2.16. The van der Waals surface area contributed by atoms with Crippen LogP contribution in [0.15, 0.2) is 24.3 Å². The molecule has 2 fully saturated rings. The van der Waals surface area contributed by atoms with Crippen molar-refractivity contribution in [1.82, 2.24) is 9.80 Å². The molecule has 1 N–H and O–H groups in total. The number of morpholine rings is 1. The fourth-order valence-corrected chi connectivity index (χ4v) is 2.74. The molecule has 3 rings (SSSR count). The van der Waals surface area contributed by atoms with Gasteiger partial charge in [-0.15, -0.1) is 0 Å². The molecule has 7 heteroatoms.